The van der Waals surface area contributed by atoms with Crippen LogP contribution in [-0.4, -0.2) is 48.3 Å². The zero-order valence-electron chi connectivity index (χ0n) is 66.6. The molecular weight excluding hydrogens is 1210 g/mol. The van der Waals surface area contributed by atoms with Gasteiger partial charge in [-0.2, -0.15) is 0 Å². The van der Waals surface area contributed by atoms with Crippen LogP contribution in [0, 0.1) is 11.8 Å². The van der Waals surface area contributed by atoms with Gasteiger partial charge in [-0.05, 0) is 38.5 Å². The molecule has 0 radical (unpaired) electrons. The van der Waals surface area contributed by atoms with E-state index in [0.717, 1.165) is 103 Å². The van der Waals surface area contributed by atoms with Gasteiger partial charge in [-0.15, -0.1) is 0 Å². The fourth-order valence-corrected chi connectivity index (χ4v) is 14.6. The van der Waals surface area contributed by atoms with Gasteiger partial charge in [0.2, 0.25) is 0 Å². The number of hydrogen-bond donors (Lipinski definition) is 0. The van der Waals surface area contributed by atoms with Crippen molar-refractivity contribution in [2.45, 2.75) is 516 Å². The summed E-state index contributed by atoms with van der Waals surface area (Å²) in [5.74, 6) is -0.953. The maximum atomic E-state index is 13.5. The van der Waals surface area contributed by atoms with Crippen molar-refractivity contribution in [1.82, 2.24) is 0 Å². The summed E-state index contributed by atoms with van der Waals surface area (Å²) in [6.45, 7) is 9.20. The van der Waals surface area contributed by atoms with Crippen LogP contribution in [0.15, 0.2) is 0 Å². The van der Waals surface area contributed by atoms with Gasteiger partial charge in [0.15, 0.2) is 0 Å². The van der Waals surface area contributed by atoms with Crippen LogP contribution in [0.4, 0.5) is 0 Å². The van der Waals surface area contributed by atoms with E-state index in [-0.39, 0.29) is 61.1 Å². The van der Waals surface area contributed by atoms with Gasteiger partial charge in [0.05, 0.1) is 11.8 Å². The van der Waals surface area contributed by atoms with E-state index in [1.165, 1.54) is 334 Å². The van der Waals surface area contributed by atoms with Crippen LogP contribution >= 0.6 is 0 Å². The number of rotatable bonds is 85. The summed E-state index contributed by atoms with van der Waals surface area (Å²) in [6.07, 6.45) is 87.7. The molecule has 8 heteroatoms. The molecule has 8 nitrogen and oxygen atoms in total. The highest BCUT2D eigenvalue weighted by atomic mass is 16.5. The smallest absolute Gasteiger partial charge is 0.305 e. The molecule has 0 saturated carbocycles. The van der Waals surface area contributed by atoms with Crippen molar-refractivity contribution in [2.75, 3.05) is 13.2 Å². The van der Waals surface area contributed by atoms with Crippen LogP contribution < -0.4 is 0 Å². The van der Waals surface area contributed by atoms with Crippen LogP contribution in [0.5, 0.6) is 0 Å². The fraction of sp³-hybridized carbons (Fsp3) is 0.933. The van der Waals surface area contributed by atoms with Crippen LogP contribution in [0.25, 0.3) is 0 Å². The Morgan fingerprint density at radius 2 is 0.327 bits per heavy atom. The van der Waals surface area contributed by atoms with Crippen LogP contribution in [0.1, 0.15) is 516 Å². The molecule has 0 bridgehead atoms. The van der Waals surface area contributed by atoms with Crippen molar-refractivity contribution >= 4 is 35.1 Å². The van der Waals surface area contributed by atoms with Crippen LogP contribution in [0.2, 0.25) is 0 Å². The molecule has 578 valence electrons. The molecule has 0 aromatic heterocycles. The maximum absolute atomic E-state index is 13.5. The van der Waals surface area contributed by atoms with Crippen molar-refractivity contribution in [2.24, 2.45) is 11.8 Å². The maximum Gasteiger partial charge on any atom is 0.305 e. The Bertz CT molecular complexity index is 1590. The number of carbonyl (C=O) groups is 6. The molecule has 0 heterocycles. The third kappa shape index (κ3) is 73.4. The number of carbonyl (C=O) groups excluding carboxylic acids is 6. The quantitative estimate of drug-likeness (QED) is 0.0436. The van der Waals surface area contributed by atoms with Gasteiger partial charge in [0.25, 0.3) is 0 Å². The van der Waals surface area contributed by atoms with E-state index in [1.807, 2.05) is 0 Å². The molecule has 2 unspecified atom stereocenters. The monoisotopic (exact) mass is 1380 g/mol. The van der Waals surface area contributed by atoms with Crippen molar-refractivity contribution in [3.05, 3.63) is 0 Å². The fourth-order valence-electron chi connectivity index (χ4n) is 14.6. The predicted molar refractivity (Wildman–Crippen MR) is 423 cm³/mol. The first-order valence-electron chi connectivity index (χ1n) is 44.6. The van der Waals surface area contributed by atoms with Crippen molar-refractivity contribution in [1.29, 1.82) is 0 Å². The lowest BCUT2D eigenvalue weighted by atomic mass is 9.92. The van der Waals surface area contributed by atoms with E-state index in [1.54, 1.807) is 0 Å². The Hall–Kier alpha value is -2.38. The predicted octanol–water partition coefficient (Wildman–Crippen LogP) is 29.3. The first-order valence-corrected chi connectivity index (χ1v) is 44.6. The number of esters is 2. The lowest BCUT2D eigenvalue weighted by molar-refractivity contribution is -0.148. The highest BCUT2D eigenvalue weighted by Crippen LogP contribution is 2.23. The van der Waals surface area contributed by atoms with Crippen molar-refractivity contribution < 1.29 is 38.2 Å². The highest BCUT2D eigenvalue weighted by Gasteiger charge is 2.25. The number of ketones is 4. The average molecular weight is 1380 g/mol. The summed E-state index contributed by atoms with van der Waals surface area (Å²) in [5, 5.41) is 0. The summed E-state index contributed by atoms with van der Waals surface area (Å²) in [4.78, 5) is 79.2. The second-order valence-electron chi connectivity index (χ2n) is 31.3. The van der Waals surface area contributed by atoms with Gasteiger partial charge >= 0.3 is 11.9 Å². The summed E-state index contributed by atoms with van der Waals surface area (Å²) < 4.78 is 11.5. The van der Waals surface area contributed by atoms with E-state index >= 15 is 0 Å². The zero-order chi connectivity index (χ0) is 71.2. The van der Waals surface area contributed by atoms with Gasteiger partial charge in [-0.3, -0.25) is 28.8 Å². The minimum absolute atomic E-state index is 0.0539. The largest absolute Gasteiger partial charge is 0.465 e. The SMILES string of the molecule is CCCCCCCCCCCCCCCC(=O)CC(COC(=O)CCCCCCCCCCCCCCCCCCC(=O)OCC(CC(=O)CCCCCCCCCCCCCCC)C(=O)CCCCCCCCCCCCCCC)C(=O)CCCCCCCCCCCCCCC. The molecule has 0 aromatic carbocycles. The molecule has 0 aromatic rings. The van der Waals surface area contributed by atoms with Gasteiger partial charge < -0.3 is 9.47 Å². The van der Waals surface area contributed by atoms with Crippen molar-refractivity contribution in [3.8, 4) is 0 Å². The first kappa shape index (κ1) is 95.6. The normalized spacial score (nSPS) is 12.2. The van der Waals surface area contributed by atoms with E-state index in [9.17, 15) is 28.8 Å². The second kappa shape index (κ2) is 80.3. The van der Waals surface area contributed by atoms with Crippen LogP contribution in [-0.2, 0) is 38.2 Å². The summed E-state index contributed by atoms with van der Waals surface area (Å²) in [5.41, 5.74) is 0. The Kier molecular flexibility index (Phi) is 78.4. The molecule has 0 aliphatic rings. The Labute approximate surface area is 610 Å². The number of ether oxygens (including phenoxy) is 2. The van der Waals surface area contributed by atoms with E-state index in [2.05, 4.69) is 27.7 Å². The standard InChI is InChI=1S/C90H170O8/c1-5-9-13-17-21-25-29-37-43-49-55-61-67-73-85(91)79-83(87(93)75-69-63-57-51-45-39-31-27-23-19-15-11-7-3)81-97-89(95)77-71-65-59-53-47-41-35-33-34-36-42-48-54-60-66-72-78-90(96)98-82-84(88(94)76-70-64-58-52-46-40-32-28-24-20-16-12-8-4)80-86(92)74-68-62-56-50-44-38-30-26-22-18-14-10-6-2/h83-84H,5-82H2,1-4H3. The number of unbranched alkanes of at least 4 members (excludes halogenated alkanes) is 63. The van der Waals surface area contributed by atoms with Gasteiger partial charge in [-0.1, -0.05) is 426 Å². The molecule has 0 fully saturated rings. The molecule has 0 aliphatic carbocycles. The lowest BCUT2D eigenvalue weighted by Gasteiger charge is -2.16. The third-order valence-corrected chi connectivity index (χ3v) is 21.4. The molecule has 0 saturated heterocycles. The molecule has 2 atom stereocenters. The molecular formula is C90H170O8. The number of hydrogen-bond acceptors (Lipinski definition) is 8. The Morgan fingerprint density at radius 3 is 0.500 bits per heavy atom. The molecule has 0 amide bonds. The van der Waals surface area contributed by atoms with Crippen LogP contribution in [0.3, 0.4) is 0 Å². The molecule has 0 rings (SSSR count). The van der Waals surface area contributed by atoms with E-state index < -0.39 is 11.8 Å². The number of Topliss-reactive ketones (excluding diaryl/α,β-unsaturated/α-hetero) is 4. The van der Waals surface area contributed by atoms with Crippen molar-refractivity contribution in [3.63, 3.8) is 0 Å². The van der Waals surface area contributed by atoms with Gasteiger partial charge in [-0.25, -0.2) is 0 Å². The highest BCUT2D eigenvalue weighted by molar-refractivity contribution is 5.89. The summed E-state index contributed by atoms with van der Waals surface area (Å²) in [7, 11) is 0. The van der Waals surface area contributed by atoms with Gasteiger partial charge in [0.1, 0.15) is 36.3 Å². The minimum Gasteiger partial charge on any atom is -0.465 e. The third-order valence-electron chi connectivity index (χ3n) is 21.4. The average Bonchev–Trinajstić information content (AvgIpc) is 2.32. The zero-order valence-corrected chi connectivity index (χ0v) is 66.6. The molecule has 0 aliphatic heterocycles. The Balaban J connectivity index is 4.44. The minimum atomic E-state index is -0.504. The Morgan fingerprint density at radius 1 is 0.184 bits per heavy atom. The topological polar surface area (TPSA) is 121 Å². The van der Waals surface area contributed by atoms with E-state index in [4.69, 9.17) is 9.47 Å². The molecule has 0 spiro atoms. The van der Waals surface area contributed by atoms with E-state index in [0.29, 0.717) is 38.5 Å². The summed E-state index contributed by atoms with van der Waals surface area (Å²) >= 11 is 0. The summed E-state index contributed by atoms with van der Waals surface area (Å²) in [6, 6.07) is 0. The van der Waals surface area contributed by atoms with Gasteiger partial charge in [0, 0.05) is 51.4 Å². The first-order chi connectivity index (χ1) is 48.2. The molecule has 98 heavy (non-hydrogen) atoms. The lowest BCUT2D eigenvalue weighted by Crippen LogP contribution is -2.25. The molecule has 0 N–H and O–H groups in total. The second-order valence-corrected chi connectivity index (χ2v) is 31.3.